The van der Waals surface area contributed by atoms with E-state index in [4.69, 9.17) is 0 Å². The molecule has 0 fully saturated rings. The van der Waals surface area contributed by atoms with Gasteiger partial charge in [0.05, 0.1) is 40.0 Å². The minimum Gasteiger partial charge on any atom is -0.378 e. The van der Waals surface area contributed by atoms with Crippen molar-refractivity contribution in [2.45, 2.75) is 106 Å². The first-order chi connectivity index (χ1) is 65.2. The molecule has 668 valence electrons. The van der Waals surface area contributed by atoms with Crippen molar-refractivity contribution < 1.29 is 28.8 Å². The van der Waals surface area contributed by atoms with Crippen molar-refractivity contribution in [3.63, 3.8) is 0 Å². The van der Waals surface area contributed by atoms with E-state index in [1.807, 2.05) is 24.3 Å². The van der Waals surface area contributed by atoms with Crippen molar-refractivity contribution in [2.24, 2.45) is 34.0 Å². The van der Waals surface area contributed by atoms with E-state index < -0.39 is 0 Å². The van der Waals surface area contributed by atoms with Crippen LogP contribution < -0.4 is 19.6 Å². The van der Waals surface area contributed by atoms with Gasteiger partial charge in [0, 0.05) is 112 Å². The first-order valence-electron chi connectivity index (χ1n) is 47.4. The van der Waals surface area contributed by atoms with Gasteiger partial charge in [-0.1, -0.05) is 284 Å². The van der Waals surface area contributed by atoms with Crippen LogP contribution in [-0.4, -0.2) is 67.5 Å². The van der Waals surface area contributed by atoms with Gasteiger partial charge < -0.3 is 24.2 Å². The molecule has 10 aliphatic rings. The molecular weight excluding hydrogens is 1660 g/mol. The smallest absolute Gasteiger partial charge is 0.197 e. The van der Waals surface area contributed by atoms with Gasteiger partial charge in [0.1, 0.15) is 0 Å². The third-order valence-electron chi connectivity index (χ3n) is 29.5. The van der Waals surface area contributed by atoms with Crippen LogP contribution in [0.15, 0.2) is 379 Å². The summed E-state index contributed by atoms with van der Waals surface area (Å²) in [6.07, 6.45) is 27.2. The third-order valence-corrected chi connectivity index (χ3v) is 29.5. The van der Waals surface area contributed by atoms with Gasteiger partial charge in [0.2, 0.25) is 0 Å². The molecular formula is C124H111N5O6. The summed E-state index contributed by atoms with van der Waals surface area (Å²) in [5, 5.41) is 2.52. The number of benzene rings is 12. The van der Waals surface area contributed by atoms with E-state index in [0.29, 0.717) is 67.7 Å². The summed E-state index contributed by atoms with van der Waals surface area (Å²) in [6, 6.07) is 100. The Kier molecular flexibility index (Phi) is 23.2. The summed E-state index contributed by atoms with van der Waals surface area (Å²) in [4.78, 5) is 84.5. The number of ketones is 6. The number of nitrogens with zero attached hydrogens (tertiary/aromatic N) is 5. The number of hydrogen-bond acceptors (Lipinski definition) is 10. The average molecular weight is 1770 g/mol. The number of allylic oxidation sites excluding steroid dienone is 17. The minimum absolute atomic E-state index is 0.0375. The van der Waals surface area contributed by atoms with Crippen LogP contribution in [0.1, 0.15) is 196 Å². The number of aromatic nitrogens is 1. The molecule has 11 nitrogen and oxygen atoms in total. The van der Waals surface area contributed by atoms with Gasteiger partial charge in [-0.2, -0.15) is 0 Å². The van der Waals surface area contributed by atoms with E-state index in [9.17, 15) is 28.8 Å². The molecule has 12 aromatic carbocycles. The van der Waals surface area contributed by atoms with Crippen molar-refractivity contribution in [3.8, 4) is 5.69 Å². The topological polar surface area (TPSA) is 120 Å². The molecule has 1 aromatic heterocycles. The maximum Gasteiger partial charge on any atom is 0.197 e. The Balaban J connectivity index is 0.000000120. The third kappa shape index (κ3) is 16.6. The van der Waals surface area contributed by atoms with E-state index in [2.05, 4.69) is 367 Å². The molecule has 135 heavy (non-hydrogen) atoms. The van der Waals surface area contributed by atoms with E-state index >= 15 is 0 Å². The second kappa shape index (κ2) is 35.5. The predicted molar refractivity (Wildman–Crippen MR) is 555 cm³/mol. The fraction of sp³-hybridized carbons (Fsp3) is 0.210. The fourth-order valence-electron chi connectivity index (χ4n) is 22.8. The molecule has 0 saturated heterocycles. The number of Topliss-reactive ketones (excluding diaryl/α,β-unsaturated/α-hetero) is 6. The van der Waals surface area contributed by atoms with Crippen molar-refractivity contribution in [1.29, 1.82) is 0 Å². The lowest BCUT2D eigenvalue weighted by Crippen LogP contribution is -2.31. The second-order valence-electron chi connectivity index (χ2n) is 40.1. The maximum absolute atomic E-state index is 13.4. The van der Waals surface area contributed by atoms with Crippen LogP contribution in [0.5, 0.6) is 0 Å². The standard InChI is InChI=1S/C43H43N3O2.C39H31NO2.C33H31N.C9H6O2/c1-43(2)27-31(40-41(47)37-9-7-8-10-38(37)42(40)48)26-30-25-29(13-24-39(30)43)28-11-14-34(15-12-28)46(35-20-16-32(17-21-35)44(3)4)36-22-18-33(19-23-36)45(5)6;1-39(2)23-27(36-37(41)31-11-3-4-12-32(31)38(36)42)22-26-21-25(17-20-33(26)39)24-15-18-28(19-16-24)40-34-13-7-5-9-29(34)30-10-6-8-14-35(30)40;1-23-20-28-21-27(16-19-30(28)33(2,3)22-23)24-14-17-29(18-15-24)34-31-10-6-4-8-25(31)12-13-26-9-5-7-11-32(26)34;10-8-5-9(11)7-4-2-1-3-6(7)8/h7-12,14-23,25-26,39H,13,24,27H2,1-6H3;3-16,18-19,21-22,33H,17,20,23H2,1-2H3;4-15,17-18,20-21,30H,1,16,19,22H2,2-3H3;1-4H,5H2. The number of carbonyl (C=O) groups is 6. The Bertz CT molecular complexity index is 7120. The zero-order valence-electron chi connectivity index (χ0n) is 78.5. The average Bonchev–Trinajstić information content (AvgIpc) is 1.63. The highest BCUT2D eigenvalue weighted by Gasteiger charge is 2.45. The lowest BCUT2D eigenvalue weighted by atomic mass is 9.62. The summed E-state index contributed by atoms with van der Waals surface area (Å²) < 4.78 is 2.35. The van der Waals surface area contributed by atoms with Crippen LogP contribution in [0.25, 0.3) is 56.4 Å². The fourth-order valence-corrected chi connectivity index (χ4v) is 22.8. The first-order valence-corrected chi connectivity index (χ1v) is 47.4. The largest absolute Gasteiger partial charge is 0.378 e. The summed E-state index contributed by atoms with van der Waals surface area (Å²) in [7, 11) is 8.23. The summed E-state index contributed by atoms with van der Waals surface area (Å²) in [5.74, 6) is 0.791. The predicted octanol–water partition coefficient (Wildman–Crippen LogP) is 29.9. The van der Waals surface area contributed by atoms with Gasteiger partial charge >= 0.3 is 0 Å². The van der Waals surface area contributed by atoms with Crippen molar-refractivity contribution >= 4 is 131 Å². The Hall–Kier alpha value is -14.9. The lowest BCUT2D eigenvalue weighted by molar-refractivity contribution is 0.0916. The van der Waals surface area contributed by atoms with Gasteiger partial charge in [0.25, 0.3) is 0 Å². The lowest BCUT2D eigenvalue weighted by Gasteiger charge is -2.42. The molecule has 3 atom stereocenters. The molecule has 0 N–H and O–H groups in total. The van der Waals surface area contributed by atoms with E-state index in [-0.39, 0.29) is 52.0 Å². The number of carbonyl (C=O) groups excluding carboxylic acids is 6. The molecule has 2 heterocycles. The number of hydrogen-bond donors (Lipinski definition) is 0. The summed E-state index contributed by atoms with van der Waals surface area (Å²) in [6.45, 7) is 18.2. The number of para-hydroxylation sites is 4. The molecule has 0 amide bonds. The Morgan fingerprint density at radius 1 is 0.319 bits per heavy atom. The van der Waals surface area contributed by atoms with Crippen LogP contribution in [0.3, 0.4) is 0 Å². The van der Waals surface area contributed by atoms with Crippen molar-refractivity contribution in [1.82, 2.24) is 4.57 Å². The van der Waals surface area contributed by atoms with Crippen LogP contribution in [0, 0.1) is 34.0 Å². The number of anilines is 8. The van der Waals surface area contributed by atoms with Crippen LogP contribution in [0.2, 0.25) is 0 Å². The van der Waals surface area contributed by atoms with Crippen LogP contribution >= 0.6 is 0 Å². The molecule has 13 aromatic rings. The second-order valence-corrected chi connectivity index (χ2v) is 40.1. The normalized spacial score (nSPS) is 19.0. The molecule has 0 radical (unpaired) electrons. The molecule has 0 saturated carbocycles. The van der Waals surface area contributed by atoms with Crippen molar-refractivity contribution in [3.05, 3.63) is 440 Å². The zero-order valence-corrected chi connectivity index (χ0v) is 78.5. The van der Waals surface area contributed by atoms with Gasteiger partial charge in [-0.25, -0.2) is 0 Å². The Morgan fingerprint density at radius 3 is 1.01 bits per heavy atom. The Morgan fingerprint density at radius 2 is 0.630 bits per heavy atom. The maximum atomic E-state index is 13.4. The molecule has 3 unspecified atom stereocenters. The van der Waals surface area contributed by atoms with Crippen LogP contribution in [-0.2, 0) is 0 Å². The first kappa shape index (κ1) is 88.0. The quantitative estimate of drug-likeness (QED) is 0.0743. The molecule has 1 aliphatic heterocycles. The molecule has 0 bridgehead atoms. The minimum atomic E-state index is -0.135. The molecule has 23 rings (SSSR count). The molecule has 11 heteroatoms. The summed E-state index contributed by atoms with van der Waals surface area (Å²) >= 11 is 0. The molecule has 0 spiro atoms. The summed E-state index contributed by atoms with van der Waals surface area (Å²) in [5.41, 5.74) is 34.2. The van der Waals surface area contributed by atoms with Gasteiger partial charge in [-0.15, -0.1) is 0 Å². The highest BCUT2D eigenvalue weighted by molar-refractivity contribution is 6.41. The monoisotopic (exact) mass is 1770 g/mol. The number of fused-ring (bicyclic) bond motifs is 11. The van der Waals surface area contributed by atoms with Gasteiger partial charge in [-0.05, 0) is 273 Å². The highest BCUT2D eigenvalue weighted by atomic mass is 16.2. The molecule has 9 aliphatic carbocycles. The SMILES string of the molecule is C=C1C=C2C=C(c3ccc(N4c5ccccc5C=Cc5ccccc54)cc3)CCC2C(C)(C)C1.CC1(C)CC(=C2C(=O)c3ccccc3C2=O)C=C2C=C(c3ccc(-n4c5ccccc5c5ccccc54)cc3)CCC21.CN(C)c1ccc(N(c2ccc(C3=CC4=CC(=C5C(=O)c6ccccc6C5=O)CC(C)(C)C4CC3)cc2)c2ccc(N(C)C)cc2)cc1.O=C1CC(=O)c2ccccc21. The van der Waals surface area contributed by atoms with Crippen molar-refractivity contribution in [2.75, 3.05) is 47.8 Å². The zero-order chi connectivity index (χ0) is 93.5. The Labute approximate surface area is 792 Å². The van der Waals surface area contributed by atoms with Crippen LogP contribution in [0.4, 0.5) is 45.5 Å². The van der Waals surface area contributed by atoms with E-state index in [1.165, 1.54) is 112 Å². The van der Waals surface area contributed by atoms with E-state index in [1.54, 1.807) is 48.5 Å². The highest BCUT2D eigenvalue weighted by Crippen LogP contribution is 2.56. The van der Waals surface area contributed by atoms with E-state index in [0.717, 1.165) is 96.6 Å². The number of rotatable bonds is 10. The van der Waals surface area contributed by atoms with Gasteiger partial charge in [0.15, 0.2) is 34.7 Å². The van der Waals surface area contributed by atoms with Gasteiger partial charge in [-0.3, -0.25) is 28.8 Å².